The van der Waals surface area contributed by atoms with Crippen molar-refractivity contribution >= 4 is 23.3 Å². The first kappa shape index (κ1) is 13.8. The summed E-state index contributed by atoms with van der Waals surface area (Å²) in [4.78, 5) is 11.8. The monoisotopic (exact) mass is 284 g/mol. The van der Waals surface area contributed by atoms with Crippen LogP contribution in [0.5, 0.6) is 11.5 Å². The second kappa shape index (κ2) is 5.57. The number of carbonyl (C=O) groups excluding carboxylic acids is 1. The predicted octanol–water partition coefficient (Wildman–Crippen LogP) is 3.23. The van der Waals surface area contributed by atoms with Gasteiger partial charge in [0, 0.05) is 18.2 Å². The van der Waals surface area contributed by atoms with Crippen molar-refractivity contribution in [3.8, 4) is 11.5 Å². The number of urea groups is 1. The smallest absolute Gasteiger partial charge is 0.319 e. The molecule has 1 aliphatic rings. The molecule has 19 heavy (non-hydrogen) atoms. The predicted molar refractivity (Wildman–Crippen MR) is 74.0 cm³/mol. The molecule has 2 amide bonds. The Morgan fingerprint density at radius 2 is 1.89 bits per heavy atom. The summed E-state index contributed by atoms with van der Waals surface area (Å²) in [5.41, 5.74) is 0.499. The first-order valence-electron chi connectivity index (χ1n) is 6.14. The molecule has 0 radical (unpaired) electrons. The molecule has 1 aromatic rings. The molecular formula is C13H17ClN2O3. The minimum Gasteiger partial charge on any atom is -0.454 e. The summed E-state index contributed by atoms with van der Waals surface area (Å²) >= 11 is 6.07. The molecule has 1 heterocycles. The lowest BCUT2D eigenvalue weighted by Crippen LogP contribution is -2.39. The summed E-state index contributed by atoms with van der Waals surface area (Å²) in [6, 6.07) is 3.07. The average molecular weight is 285 g/mol. The zero-order valence-electron chi connectivity index (χ0n) is 11.1. The van der Waals surface area contributed by atoms with Crippen LogP contribution >= 0.6 is 11.6 Å². The fourth-order valence-electron chi connectivity index (χ4n) is 1.54. The van der Waals surface area contributed by atoms with Crippen molar-refractivity contribution in [2.45, 2.75) is 26.8 Å². The molecule has 1 aromatic carbocycles. The Hall–Kier alpha value is -1.62. The molecule has 1 atom stereocenters. The summed E-state index contributed by atoms with van der Waals surface area (Å²) in [7, 11) is 0. The Labute approximate surface area is 117 Å². The molecule has 0 spiro atoms. The zero-order valence-corrected chi connectivity index (χ0v) is 11.9. The van der Waals surface area contributed by atoms with Crippen LogP contribution in [0.2, 0.25) is 5.02 Å². The highest BCUT2D eigenvalue weighted by molar-refractivity contribution is 6.34. The summed E-state index contributed by atoms with van der Waals surface area (Å²) in [6.45, 7) is 6.20. The lowest BCUT2D eigenvalue weighted by Gasteiger charge is -2.18. The fourth-order valence-corrected chi connectivity index (χ4v) is 1.75. The van der Waals surface area contributed by atoms with Gasteiger partial charge >= 0.3 is 6.03 Å². The first-order valence-corrected chi connectivity index (χ1v) is 6.52. The van der Waals surface area contributed by atoms with Gasteiger partial charge < -0.3 is 20.1 Å². The lowest BCUT2D eigenvalue weighted by molar-refractivity contribution is 0.174. The molecule has 0 fully saturated rings. The van der Waals surface area contributed by atoms with E-state index in [1.54, 1.807) is 12.1 Å². The number of rotatable bonds is 3. The van der Waals surface area contributed by atoms with Crippen LogP contribution in [0.1, 0.15) is 20.8 Å². The number of anilines is 1. The van der Waals surface area contributed by atoms with Crippen molar-refractivity contribution in [3.63, 3.8) is 0 Å². The molecule has 0 saturated heterocycles. The number of fused-ring (bicyclic) bond motifs is 1. The summed E-state index contributed by atoms with van der Waals surface area (Å²) in [6.07, 6.45) is 0. The Morgan fingerprint density at radius 1 is 1.26 bits per heavy atom. The third-order valence-electron chi connectivity index (χ3n) is 3.07. The molecular weight excluding hydrogens is 268 g/mol. The molecule has 5 nitrogen and oxygen atoms in total. The van der Waals surface area contributed by atoms with Gasteiger partial charge in [-0.3, -0.25) is 0 Å². The molecule has 0 aromatic heterocycles. The zero-order chi connectivity index (χ0) is 14.0. The quantitative estimate of drug-likeness (QED) is 0.896. The van der Waals surface area contributed by atoms with Gasteiger partial charge in [0.15, 0.2) is 11.5 Å². The van der Waals surface area contributed by atoms with Gasteiger partial charge in [0.05, 0.1) is 10.7 Å². The van der Waals surface area contributed by atoms with E-state index in [-0.39, 0.29) is 18.9 Å². The molecule has 6 heteroatoms. The average Bonchev–Trinajstić information content (AvgIpc) is 2.76. The largest absolute Gasteiger partial charge is 0.454 e. The topological polar surface area (TPSA) is 59.6 Å². The van der Waals surface area contributed by atoms with E-state index in [1.165, 1.54) is 0 Å². The van der Waals surface area contributed by atoms with Gasteiger partial charge in [-0.25, -0.2) is 4.79 Å². The van der Waals surface area contributed by atoms with Gasteiger partial charge in [-0.05, 0) is 12.8 Å². The number of hydrogen-bond acceptors (Lipinski definition) is 3. The van der Waals surface area contributed by atoms with E-state index in [2.05, 4.69) is 10.6 Å². The minimum atomic E-state index is -0.290. The summed E-state index contributed by atoms with van der Waals surface area (Å²) < 4.78 is 10.4. The molecule has 1 aliphatic heterocycles. The maximum Gasteiger partial charge on any atom is 0.319 e. The first-order chi connectivity index (χ1) is 8.97. The Kier molecular flexibility index (Phi) is 4.04. The van der Waals surface area contributed by atoms with E-state index in [9.17, 15) is 4.79 Å². The molecule has 0 bridgehead atoms. The highest BCUT2D eigenvalue weighted by Gasteiger charge is 2.18. The molecule has 2 N–H and O–H groups in total. The molecule has 0 saturated carbocycles. The third kappa shape index (κ3) is 3.23. The normalized spacial score (nSPS) is 14.4. The van der Waals surface area contributed by atoms with Crippen LogP contribution in [-0.4, -0.2) is 18.9 Å². The molecule has 0 unspecified atom stereocenters. The van der Waals surface area contributed by atoms with Crippen molar-refractivity contribution in [1.29, 1.82) is 0 Å². The lowest BCUT2D eigenvalue weighted by atomic mass is 10.1. The van der Waals surface area contributed by atoms with Crippen LogP contribution in [0.4, 0.5) is 10.5 Å². The van der Waals surface area contributed by atoms with Crippen LogP contribution in [0.15, 0.2) is 12.1 Å². The highest BCUT2D eigenvalue weighted by Crippen LogP contribution is 2.39. The van der Waals surface area contributed by atoms with Crippen LogP contribution in [0, 0.1) is 5.92 Å². The highest BCUT2D eigenvalue weighted by atomic mass is 35.5. The van der Waals surface area contributed by atoms with Crippen molar-refractivity contribution in [2.75, 3.05) is 12.1 Å². The SMILES string of the molecule is CC(C)[C@H](C)NC(=O)Nc1cc2c(cc1Cl)OCO2. The third-order valence-corrected chi connectivity index (χ3v) is 3.38. The molecule has 2 rings (SSSR count). The number of hydrogen-bond donors (Lipinski definition) is 2. The van der Waals surface area contributed by atoms with Gasteiger partial charge in [-0.2, -0.15) is 0 Å². The Bertz CT molecular complexity index is 491. The number of amides is 2. The van der Waals surface area contributed by atoms with E-state index in [1.807, 2.05) is 20.8 Å². The second-order valence-electron chi connectivity index (χ2n) is 4.82. The standard InChI is InChI=1S/C13H17ClN2O3/c1-7(2)8(3)15-13(17)16-10-5-12-11(4-9(10)14)18-6-19-12/h4-5,7-8H,6H2,1-3H3,(H2,15,16,17)/t8-/m0/s1. The fraction of sp³-hybridized carbons (Fsp3) is 0.462. The van der Waals surface area contributed by atoms with Crippen LogP contribution < -0.4 is 20.1 Å². The maximum atomic E-state index is 11.8. The summed E-state index contributed by atoms with van der Waals surface area (Å²) in [5, 5.41) is 5.96. The number of nitrogens with one attached hydrogen (secondary N) is 2. The Morgan fingerprint density at radius 3 is 2.53 bits per heavy atom. The van der Waals surface area contributed by atoms with E-state index >= 15 is 0 Å². The van der Waals surface area contributed by atoms with Crippen molar-refractivity contribution in [3.05, 3.63) is 17.2 Å². The maximum absolute atomic E-state index is 11.8. The molecule has 104 valence electrons. The van der Waals surface area contributed by atoms with Gasteiger partial charge in [0.2, 0.25) is 6.79 Å². The summed E-state index contributed by atoms with van der Waals surface area (Å²) in [5.74, 6) is 1.53. The van der Waals surface area contributed by atoms with Crippen molar-refractivity contribution < 1.29 is 14.3 Å². The Balaban J connectivity index is 2.05. The number of ether oxygens (including phenoxy) is 2. The van der Waals surface area contributed by atoms with Gasteiger partial charge in [-0.1, -0.05) is 25.4 Å². The number of carbonyl (C=O) groups is 1. The number of halogens is 1. The van der Waals surface area contributed by atoms with E-state index in [0.29, 0.717) is 28.1 Å². The van der Waals surface area contributed by atoms with Gasteiger partial charge in [0.1, 0.15) is 0 Å². The van der Waals surface area contributed by atoms with Crippen LogP contribution in [-0.2, 0) is 0 Å². The van der Waals surface area contributed by atoms with E-state index < -0.39 is 0 Å². The van der Waals surface area contributed by atoms with Gasteiger partial charge in [-0.15, -0.1) is 0 Å². The van der Waals surface area contributed by atoms with Crippen molar-refractivity contribution in [1.82, 2.24) is 5.32 Å². The minimum absolute atomic E-state index is 0.0767. The second-order valence-corrected chi connectivity index (χ2v) is 5.22. The number of benzene rings is 1. The molecule has 0 aliphatic carbocycles. The van der Waals surface area contributed by atoms with Crippen LogP contribution in [0.25, 0.3) is 0 Å². The van der Waals surface area contributed by atoms with Gasteiger partial charge in [0.25, 0.3) is 0 Å². The van der Waals surface area contributed by atoms with Crippen molar-refractivity contribution in [2.24, 2.45) is 5.92 Å². The van der Waals surface area contributed by atoms with E-state index in [0.717, 1.165) is 0 Å². The van der Waals surface area contributed by atoms with E-state index in [4.69, 9.17) is 21.1 Å². The van der Waals surface area contributed by atoms with Crippen LogP contribution in [0.3, 0.4) is 0 Å².